The first-order valence-electron chi connectivity index (χ1n) is 8.16. The lowest BCUT2D eigenvalue weighted by molar-refractivity contribution is 0.560. The number of benzene rings is 3. The molecule has 4 heteroatoms. The molecule has 25 heavy (non-hydrogen) atoms. The molecule has 0 amide bonds. The van der Waals surface area contributed by atoms with E-state index in [4.69, 9.17) is 0 Å². The SMILES string of the molecule is CC(C)(c1ccccc1P=O)P(=O)(c1ccccc1)c1ccccc1. The van der Waals surface area contributed by atoms with Crippen molar-refractivity contribution in [2.75, 3.05) is 0 Å². The van der Waals surface area contributed by atoms with Gasteiger partial charge in [-0.3, -0.25) is 4.57 Å². The zero-order valence-electron chi connectivity index (χ0n) is 14.3. The molecule has 3 aromatic rings. The lowest BCUT2D eigenvalue weighted by Crippen LogP contribution is -2.33. The van der Waals surface area contributed by atoms with E-state index in [0.29, 0.717) is 5.30 Å². The predicted octanol–water partition coefficient (Wildman–Crippen LogP) is 4.85. The van der Waals surface area contributed by atoms with Gasteiger partial charge in [0.25, 0.3) is 0 Å². The Morgan fingerprint density at radius 3 is 1.64 bits per heavy atom. The van der Waals surface area contributed by atoms with Gasteiger partial charge in [0.2, 0.25) is 0 Å². The van der Waals surface area contributed by atoms with Crippen LogP contribution >= 0.6 is 15.6 Å². The van der Waals surface area contributed by atoms with Crippen molar-refractivity contribution in [1.82, 2.24) is 0 Å². The first kappa shape index (κ1) is 17.8. The molecular formula is C21H20O2P2. The lowest BCUT2D eigenvalue weighted by atomic mass is 10.0. The summed E-state index contributed by atoms with van der Waals surface area (Å²) in [6, 6.07) is 26.7. The van der Waals surface area contributed by atoms with Crippen LogP contribution in [0.4, 0.5) is 0 Å². The minimum absolute atomic E-state index is 0.0583. The van der Waals surface area contributed by atoms with E-state index in [2.05, 4.69) is 0 Å². The van der Waals surface area contributed by atoms with E-state index in [1.807, 2.05) is 98.8 Å². The lowest BCUT2D eigenvalue weighted by Gasteiger charge is -2.36. The quantitative estimate of drug-likeness (QED) is 0.605. The Morgan fingerprint density at radius 1 is 0.720 bits per heavy atom. The molecular weight excluding hydrogens is 346 g/mol. The summed E-state index contributed by atoms with van der Waals surface area (Å²) in [6.07, 6.45) is 0. The summed E-state index contributed by atoms with van der Waals surface area (Å²) in [4.78, 5) is 0. The van der Waals surface area contributed by atoms with E-state index in [-0.39, 0.29) is 8.46 Å². The average molecular weight is 366 g/mol. The van der Waals surface area contributed by atoms with Gasteiger partial charge in [0.15, 0.2) is 15.6 Å². The minimum atomic E-state index is -3.03. The first-order valence-corrected chi connectivity index (χ1v) is 10.7. The monoisotopic (exact) mass is 366 g/mol. The van der Waals surface area contributed by atoms with Gasteiger partial charge in [-0.2, -0.15) is 0 Å². The maximum absolute atomic E-state index is 14.6. The van der Waals surface area contributed by atoms with Crippen molar-refractivity contribution in [3.8, 4) is 0 Å². The van der Waals surface area contributed by atoms with Crippen molar-refractivity contribution >= 4 is 31.5 Å². The summed E-state index contributed by atoms with van der Waals surface area (Å²) in [5.74, 6) is 0. The van der Waals surface area contributed by atoms with Crippen LogP contribution in [0, 0.1) is 0 Å². The van der Waals surface area contributed by atoms with E-state index >= 15 is 0 Å². The van der Waals surface area contributed by atoms with Gasteiger partial charge in [-0.25, -0.2) is 0 Å². The normalized spacial score (nSPS) is 12.2. The summed E-state index contributed by atoms with van der Waals surface area (Å²) in [6.45, 7) is 3.97. The van der Waals surface area contributed by atoms with Crippen LogP contribution in [0.25, 0.3) is 0 Å². The molecule has 0 fully saturated rings. The Kier molecular flexibility index (Phi) is 5.04. The summed E-state index contributed by atoms with van der Waals surface area (Å²) >= 11 is 0. The second kappa shape index (κ2) is 7.08. The third kappa shape index (κ3) is 3.01. The molecule has 0 N–H and O–H groups in total. The fraction of sp³-hybridized carbons (Fsp3) is 0.143. The largest absolute Gasteiger partial charge is 0.313 e. The van der Waals surface area contributed by atoms with Crippen LogP contribution in [0.3, 0.4) is 0 Å². The smallest absolute Gasteiger partial charge is 0.192 e. The van der Waals surface area contributed by atoms with Crippen LogP contribution < -0.4 is 15.9 Å². The number of hydrogen-bond donors (Lipinski definition) is 0. The highest BCUT2D eigenvalue weighted by molar-refractivity contribution is 7.79. The molecule has 0 bridgehead atoms. The Labute approximate surface area is 150 Å². The molecule has 0 radical (unpaired) electrons. The summed E-state index contributed by atoms with van der Waals surface area (Å²) in [5, 5.41) is 1.59. The Balaban J connectivity index is 2.32. The third-order valence-corrected chi connectivity index (χ3v) is 9.14. The highest BCUT2D eigenvalue weighted by Gasteiger charge is 2.45. The van der Waals surface area contributed by atoms with Gasteiger partial charge in [0, 0.05) is 15.9 Å². The molecule has 126 valence electrons. The standard InChI is InChI=1S/C21H20O2P2/c1-21(2,19-15-9-10-16-20(19)24-22)25(23,17-11-5-3-6-12-17)18-13-7-4-8-14-18/h3-16H,1-2H3. The van der Waals surface area contributed by atoms with Gasteiger partial charge >= 0.3 is 0 Å². The van der Waals surface area contributed by atoms with Crippen molar-refractivity contribution in [3.05, 3.63) is 90.5 Å². The molecule has 0 saturated heterocycles. The van der Waals surface area contributed by atoms with Crippen LogP contribution in [-0.4, -0.2) is 0 Å². The van der Waals surface area contributed by atoms with Gasteiger partial charge in [0.1, 0.15) is 0 Å². The topological polar surface area (TPSA) is 34.1 Å². The highest BCUT2D eigenvalue weighted by Crippen LogP contribution is 2.60. The maximum Gasteiger partial charge on any atom is 0.192 e. The van der Waals surface area contributed by atoms with Crippen molar-refractivity contribution in [1.29, 1.82) is 0 Å². The summed E-state index contributed by atoms with van der Waals surface area (Å²) in [7, 11) is -3.09. The van der Waals surface area contributed by atoms with Gasteiger partial charge < -0.3 is 4.57 Å². The molecule has 0 aliphatic rings. The molecule has 0 atom stereocenters. The van der Waals surface area contributed by atoms with E-state index in [0.717, 1.165) is 16.2 Å². The van der Waals surface area contributed by atoms with Crippen LogP contribution in [0.1, 0.15) is 19.4 Å². The molecule has 0 aliphatic carbocycles. The number of hydrogen-bond acceptors (Lipinski definition) is 2. The van der Waals surface area contributed by atoms with Crippen LogP contribution in [0.15, 0.2) is 84.9 Å². The fourth-order valence-corrected chi connectivity index (χ4v) is 7.31. The Hall–Kier alpha value is -2.01. The zero-order chi connectivity index (χ0) is 17.9. The van der Waals surface area contributed by atoms with Crippen LogP contribution in [0.5, 0.6) is 0 Å². The van der Waals surface area contributed by atoms with Crippen molar-refractivity contribution < 1.29 is 9.13 Å². The summed E-state index contributed by atoms with van der Waals surface area (Å²) in [5.41, 5.74) is 0.850. The van der Waals surface area contributed by atoms with Crippen molar-refractivity contribution in [2.24, 2.45) is 0 Å². The van der Waals surface area contributed by atoms with Gasteiger partial charge in [-0.05, 0) is 25.5 Å². The highest BCUT2D eigenvalue weighted by atomic mass is 31.2. The molecule has 0 saturated carbocycles. The van der Waals surface area contributed by atoms with Gasteiger partial charge in [-0.1, -0.05) is 78.9 Å². The van der Waals surface area contributed by atoms with E-state index in [1.165, 1.54) is 0 Å². The molecule has 0 aromatic heterocycles. The second-order valence-electron chi connectivity index (χ2n) is 6.45. The predicted molar refractivity (Wildman–Crippen MR) is 106 cm³/mol. The molecule has 0 unspecified atom stereocenters. The first-order chi connectivity index (χ1) is 12.0. The van der Waals surface area contributed by atoms with Crippen LogP contribution in [0.2, 0.25) is 0 Å². The molecule has 2 nitrogen and oxygen atoms in total. The molecule has 0 heterocycles. The van der Waals surface area contributed by atoms with E-state index in [1.54, 1.807) is 0 Å². The maximum atomic E-state index is 14.6. The second-order valence-corrected chi connectivity index (χ2v) is 10.5. The zero-order valence-corrected chi connectivity index (χ0v) is 16.1. The van der Waals surface area contributed by atoms with Gasteiger partial charge in [-0.15, -0.1) is 0 Å². The number of rotatable bonds is 5. The van der Waals surface area contributed by atoms with E-state index in [9.17, 15) is 9.13 Å². The minimum Gasteiger partial charge on any atom is -0.313 e. The molecule has 3 aromatic carbocycles. The molecule has 0 spiro atoms. The Bertz CT molecular complexity index is 875. The van der Waals surface area contributed by atoms with Crippen molar-refractivity contribution in [3.63, 3.8) is 0 Å². The third-order valence-electron chi connectivity index (χ3n) is 4.69. The summed E-state index contributed by atoms with van der Waals surface area (Å²) < 4.78 is 26.3. The van der Waals surface area contributed by atoms with E-state index < -0.39 is 12.3 Å². The van der Waals surface area contributed by atoms with Crippen LogP contribution in [-0.2, 0) is 14.3 Å². The molecule has 0 aliphatic heterocycles. The van der Waals surface area contributed by atoms with Gasteiger partial charge in [0.05, 0.1) is 5.16 Å². The average Bonchev–Trinajstić information content (AvgIpc) is 2.68. The van der Waals surface area contributed by atoms with Crippen molar-refractivity contribution in [2.45, 2.75) is 19.0 Å². The Morgan fingerprint density at radius 2 is 1.16 bits per heavy atom. The molecule has 3 rings (SSSR count). The fourth-order valence-electron chi connectivity index (χ4n) is 3.31.